The van der Waals surface area contributed by atoms with Crippen molar-refractivity contribution in [2.45, 2.75) is 334 Å². The number of carbonyl (C=O) groups is 3. The minimum Gasteiger partial charge on any atom is -0.544 e. The lowest BCUT2D eigenvalue weighted by Crippen LogP contribution is -2.55. The molecule has 2 unspecified atom stereocenters. The van der Waals surface area contributed by atoms with E-state index in [4.69, 9.17) is 14.2 Å². The van der Waals surface area contributed by atoms with Gasteiger partial charge < -0.3 is 28.6 Å². The van der Waals surface area contributed by atoms with E-state index in [1.165, 1.54) is 250 Å². The SMILES string of the molecule is CCCCCCCCCCCCCCCCCCCCCCCCCCC(=O)OC(COCCC(C(=O)[O-])[N+](C)(C)C)COC(=O)CCCCCCCCCCCCCCCCCCCCCCC. The Balaban J connectivity index is 4.07. The van der Waals surface area contributed by atoms with Crippen LogP contribution < -0.4 is 5.11 Å². The third-order valence-corrected chi connectivity index (χ3v) is 14.5. The Morgan fingerprint density at radius 1 is 0.377 bits per heavy atom. The molecule has 2 atom stereocenters. The standard InChI is InChI=1S/C61H119NO7/c1-6-8-10-12-14-16-18-20-22-24-26-28-29-30-32-34-36-38-40-42-44-46-48-50-52-60(64)69-57(55-67-54-53-58(61(65)66)62(3,4)5)56-68-59(63)51-49-47-45-43-41-39-37-35-33-31-27-25-23-21-19-17-15-13-11-9-7-2/h57-58H,6-56H2,1-5H3. The summed E-state index contributed by atoms with van der Waals surface area (Å²) >= 11 is 0. The van der Waals surface area contributed by atoms with Crippen LogP contribution in [0.25, 0.3) is 0 Å². The number of unbranched alkanes of at least 4 members (excludes halogenated alkanes) is 43. The number of hydrogen-bond donors (Lipinski definition) is 0. The molecule has 0 aromatic carbocycles. The summed E-state index contributed by atoms with van der Waals surface area (Å²) in [5, 5.41) is 11.7. The molecular formula is C61H119NO7. The van der Waals surface area contributed by atoms with Gasteiger partial charge in [0.15, 0.2) is 6.10 Å². The van der Waals surface area contributed by atoms with Gasteiger partial charge in [-0.25, -0.2) is 0 Å². The molecule has 0 rings (SSSR count). The molecule has 0 aliphatic heterocycles. The van der Waals surface area contributed by atoms with Gasteiger partial charge in [0.1, 0.15) is 12.6 Å². The minimum absolute atomic E-state index is 0.0503. The summed E-state index contributed by atoms with van der Waals surface area (Å²) in [4.78, 5) is 37.2. The van der Waals surface area contributed by atoms with Gasteiger partial charge in [0.05, 0.1) is 40.3 Å². The maximum Gasteiger partial charge on any atom is 0.306 e. The van der Waals surface area contributed by atoms with Crippen LogP contribution in [0.1, 0.15) is 322 Å². The number of hydrogen-bond acceptors (Lipinski definition) is 7. The molecular weight excluding hydrogens is 859 g/mol. The predicted molar refractivity (Wildman–Crippen MR) is 291 cm³/mol. The number of quaternary nitrogens is 1. The van der Waals surface area contributed by atoms with Gasteiger partial charge in [-0.2, -0.15) is 0 Å². The number of carboxylic acids is 1. The van der Waals surface area contributed by atoms with Crippen LogP contribution in [0.4, 0.5) is 0 Å². The lowest BCUT2D eigenvalue weighted by Gasteiger charge is -2.34. The third-order valence-electron chi connectivity index (χ3n) is 14.5. The Morgan fingerprint density at radius 2 is 0.638 bits per heavy atom. The minimum atomic E-state index is -1.12. The van der Waals surface area contributed by atoms with Crippen LogP contribution >= 0.6 is 0 Å². The lowest BCUT2D eigenvalue weighted by molar-refractivity contribution is -0.889. The predicted octanol–water partition coefficient (Wildman–Crippen LogP) is 17.0. The first-order valence-electron chi connectivity index (χ1n) is 30.6. The number of aliphatic carboxylic acids is 1. The van der Waals surface area contributed by atoms with Crippen LogP contribution in [0.2, 0.25) is 0 Å². The van der Waals surface area contributed by atoms with E-state index in [-0.39, 0.29) is 42.7 Å². The smallest absolute Gasteiger partial charge is 0.306 e. The van der Waals surface area contributed by atoms with Gasteiger partial charge in [-0.15, -0.1) is 0 Å². The van der Waals surface area contributed by atoms with Crippen molar-refractivity contribution in [3.8, 4) is 0 Å². The molecule has 0 aliphatic carbocycles. The van der Waals surface area contributed by atoms with E-state index in [2.05, 4.69) is 13.8 Å². The zero-order chi connectivity index (χ0) is 50.6. The molecule has 0 bridgehead atoms. The molecule has 0 N–H and O–H groups in total. The van der Waals surface area contributed by atoms with Crippen molar-refractivity contribution in [3.63, 3.8) is 0 Å². The summed E-state index contributed by atoms with van der Waals surface area (Å²) in [6.07, 6.45) is 60.1. The normalized spacial score (nSPS) is 12.7. The molecule has 69 heavy (non-hydrogen) atoms. The van der Waals surface area contributed by atoms with Crippen molar-refractivity contribution in [3.05, 3.63) is 0 Å². The first-order valence-corrected chi connectivity index (χ1v) is 30.6. The molecule has 0 aromatic rings. The molecule has 8 heteroatoms. The van der Waals surface area contributed by atoms with E-state index in [9.17, 15) is 19.5 Å². The second-order valence-corrected chi connectivity index (χ2v) is 22.3. The maximum absolute atomic E-state index is 12.9. The van der Waals surface area contributed by atoms with Gasteiger partial charge in [0.25, 0.3) is 0 Å². The molecule has 0 aromatic heterocycles. The van der Waals surface area contributed by atoms with Crippen LogP contribution in [0.5, 0.6) is 0 Å². The summed E-state index contributed by atoms with van der Waals surface area (Å²) in [6, 6.07) is -0.721. The van der Waals surface area contributed by atoms with Gasteiger partial charge in [0, 0.05) is 19.3 Å². The van der Waals surface area contributed by atoms with E-state index in [0.717, 1.165) is 38.5 Å². The molecule has 0 aliphatic rings. The first-order chi connectivity index (χ1) is 33.6. The van der Waals surface area contributed by atoms with Crippen molar-refractivity contribution >= 4 is 17.9 Å². The van der Waals surface area contributed by atoms with Crippen LogP contribution in [-0.4, -0.2) is 75.5 Å². The Kier molecular flexibility index (Phi) is 51.4. The van der Waals surface area contributed by atoms with E-state index in [0.29, 0.717) is 12.8 Å². The molecule has 0 heterocycles. The highest BCUT2D eigenvalue weighted by Crippen LogP contribution is 2.18. The molecule has 0 amide bonds. The number of carboxylic acid groups (broad SMARTS) is 1. The Bertz CT molecular complexity index is 1090. The van der Waals surface area contributed by atoms with Gasteiger partial charge in [-0.1, -0.05) is 290 Å². The summed E-state index contributed by atoms with van der Waals surface area (Å²) in [7, 11) is 5.44. The molecule has 0 radical (unpaired) electrons. The van der Waals surface area contributed by atoms with Crippen LogP contribution in [0.3, 0.4) is 0 Å². The summed E-state index contributed by atoms with van der Waals surface area (Å²) < 4.78 is 17.3. The second-order valence-electron chi connectivity index (χ2n) is 22.3. The average Bonchev–Trinajstić information content (AvgIpc) is 3.31. The van der Waals surface area contributed by atoms with E-state index >= 15 is 0 Å². The van der Waals surface area contributed by atoms with Gasteiger partial charge in [-0.05, 0) is 12.8 Å². The molecule has 0 saturated carbocycles. The monoisotopic (exact) mass is 978 g/mol. The Morgan fingerprint density at radius 3 is 0.899 bits per heavy atom. The number of rotatable bonds is 57. The van der Waals surface area contributed by atoms with Crippen molar-refractivity contribution in [1.82, 2.24) is 0 Å². The second kappa shape index (κ2) is 52.6. The van der Waals surface area contributed by atoms with Gasteiger partial charge in [-0.3, -0.25) is 9.59 Å². The summed E-state index contributed by atoms with van der Waals surface area (Å²) in [6.45, 7) is 4.75. The van der Waals surface area contributed by atoms with Crippen molar-refractivity contribution in [2.75, 3.05) is 41.0 Å². The highest BCUT2D eigenvalue weighted by molar-refractivity contribution is 5.70. The molecule has 410 valence electrons. The number of nitrogens with zero attached hydrogens (tertiary/aromatic N) is 1. The molecule has 8 nitrogen and oxygen atoms in total. The summed E-state index contributed by atoms with van der Waals surface area (Å²) in [5.41, 5.74) is 0. The van der Waals surface area contributed by atoms with Gasteiger partial charge in [0.2, 0.25) is 0 Å². The van der Waals surface area contributed by atoms with E-state index in [1.807, 2.05) is 21.1 Å². The average molecular weight is 979 g/mol. The number of carbonyl (C=O) groups excluding carboxylic acids is 3. The highest BCUT2D eigenvalue weighted by atomic mass is 16.6. The molecule has 0 saturated heterocycles. The lowest BCUT2D eigenvalue weighted by atomic mass is 10.0. The number of ether oxygens (including phenoxy) is 3. The van der Waals surface area contributed by atoms with Crippen molar-refractivity contribution < 1.29 is 38.2 Å². The summed E-state index contributed by atoms with van der Waals surface area (Å²) in [5.74, 6) is -1.70. The Hall–Kier alpha value is -1.67. The van der Waals surface area contributed by atoms with E-state index < -0.39 is 18.1 Å². The quantitative estimate of drug-likeness (QED) is 0.0340. The van der Waals surface area contributed by atoms with Crippen LogP contribution in [-0.2, 0) is 28.6 Å². The van der Waals surface area contributed by atoms with Crippen molar-refractivity contribution in [2.24, 2.45) is 0 Å². The highest BCUT2D eigenvalue weighted by Gasteiger charge is 2.25. The third kappa shape index (κ3) is 51.0. The van der Waals surface area contributed by atoms with Gasteiger partial charge >= 0.3 is 11.9 Å². The largest absolute Gasteiger partial charge is 0.544 e. The topological polar surface area (TPSA) is 102 Å². The van der Waals surface area contributed by atoms with Crippen LogP contribution in [0, 0.1) is 0 Å². The fourth-order valence-corrected chi connectivity index (χ4v) is 9.78. The first kappa shape index (κ1) is 67.3. The number of esters is 2. The molecule has 0 spiro atoms. The zero-order valence-corrected chi connectivity index (χ0v) is 47.0. The Labute approximate surface area is 429 Å². The van der Waals surface area contributed by atoms with E-state index in [1.54, 1.807) is 0 Å². The molecule has 0 fully saturated rings. The number of likely N-dealkylation sites (N-methyl/N-ethyl adjacent to an activating group) is 1. The fourth-order valence-electron chi connectivity index (χ4n) is 9.78. The van der Waals surface area contributed by atoms with Crippen LogP contribution in [0.15, 0.2) is 0 Å². The fraction of sp³-hybridized carbons (Fsp3) is 0.951. The van der Waals surface area contributed by atoms with Crippen molar-refractivity contribution in [1.29, 1.82) is 0 Å². The maximum atomic E-state index is 12.9. The zero-order valence-electron chi connectivity index (χ0n) is 47.0.